The molecule has 0 aliphatic carbocycles. The van der Waals surface area contributed by atoms with Crippen LogP contribution in [-0.2, 0) is 6.54 Å². The number of alkyl halides is 3. The number of ether oxygens (including phenoxy) is 1. The van der Waals surface area contributed by atoms with Crippen LogP contribution in [0.25, 0.3) is 5.69 Å². The highest BCUT2D eigenvalue weighted by atomic mass is 127. The number of nitrogens with one attached hydrogen (secondary N) is 2. The highest BCUT2D eigenvalue weighted by Crippen LogP contribution is 2.18. The second-order valence-corrected chi connectivity index (χ2v) is 5.17. The first-order valence-corrected chi connectivity index (χ1v) is 7.61. The maximum Gasteiger partial charge on any atom is 0.390 e. The van der Waals surface area contributed by atoms with Gasteiger partial charge in [-0.25, -0.2) is 4.68 Å². The summed E-state index contributed by atoms with van der Waals surface area (Å²) < 4.78 is 43.3. The Hall–Kier alpha value is -1.98. The Morgan fingerprint density at radius 1 is 1.19 bits per heavy atom. The molecule has 1 aromatic heterocycles. The molecule has 0 aliphatic heterocycles. The Labute approximate surface area is 166 Å². The Kier molecular flexibility index (Phi) is 8.69. The van der Waals surface area contributed by atoms with Crippen molar-refractivity contribution in [2.75, 3.05) is 20.7 Å². The number of halogens is 4. The molecule has 0 radical (unpaired) electrons. The molecule has 26 heavy (non-hydrogen) atoms. The first-order valence-electron chi connectivity index (χ1n) is 7.61. The molecule has 6 nitrogen and oxygen atoms in total. The van der Waals surface area contributed by atoms with Crippen molar-refractivity contribution in [2.24, 2.45) is 4.99 Å². The van der Waals surface area contributed by atoms with Gasteiger partial charge in [-0.2, -0.15) is 18.3 Å². The standard InChI is InChI=1S/C16H20F3N5O.HI/c1-20-15(21-9-8-16(17,18)19)22-11-12-7-10-24(23-12)13-3-5-14(25-2)6-4-13;/h3-7,10H,8-9,11H2,1-2H3,(H2,20,21,22);1H. The number of hydrogen-bond acceptors (Lipinski definition) is 3. The van der Waals surface area contributed by atoms with E-state index in [1.54, 1.807) is 18.0 Å². The largest absolute Gasteiger partial charge is 0.497 e. The van der Waals surface area contributed by atoms with Crippen LogP contribution in [0.2, 0.25) is 0 Å². The monoisotopic (exact) mass is 483 g/mol. The van der Waals surface area contributed by atoms with Gasteiger partial charge in [-0.05, 0) is 30.3 Å². The Morgan fingerprint density at radius 2 is 1.88 bits per heavy atom. The van der Waals surface area contributed by atoms with E-state index in [9.17, 15) is 13.2 Å². The van der Waals surface area contributed by atoms with Crippen LogP contribution in [0.3, 0.4) is 0 Å². The van der Waals surface area contributed by atoms with Crippen LogP contribution in [0.5, 0.6) is 5.75 Å². The molecule has 2 rings (SSSR count). The molecular formula is C16H21F3IN5O. The van der Waals surface area contributed by atoms with E-state index in [1.165, 1.54) is 7.05 Å². The van der Waals surface area contributed by atoms with Gasteiger partial charge in [-0.15, -0.1) is 24.0 Å². The van der Waals surface area contributed by atoms with Gasteiger partial charge in [0.1, 0.15) is 5.75 Å². The smallest absolute Gasteiger partial charge is 0.390 e. The summed E-state index contributed by atoms with van der Waals surface area (Å²) in [6.45, 7) is 0.109. The van der Waals surface area contributed by atoms with Gasteiger partial charge in [-0.3, -0.25) is 4.99 Å². The van der Waals surface area contributed by atoms with E-state index < -0.39 is 12.6 Å². The molecule has 0 saturated heterocycles. The summed E-state index contributed by atoms with van der Waals surface area (Å²) >= 11 is 0. The van der Waals surface area contributed by atoms with Crippen LogP contribution in [0, 0.1) is 0 Å². The van der Waals surface area contributed by atoms with Crippen LogP contribution in [0.15, 0.2) is 41.5 Å². The van der Waals surface area contributed by atoms with Crippen LogP contribution in [-0.4, -0.2) is 42.6 Å². The second kappa shape index (κ2) is 10.2. The van der Waals surface area contributed by atoms with Gasteiger partial charge < -0.3 is 15.4 Å². The molecule has 0 saturated carbocycles. The lowest BCUT2D eigenvalue weighted by molar-refractivity contribution is -0.132. The summed E-state index contributed by atoms with van der Waals surface area (Å²) in [7, 11) is 3.10. The Bertz CT molecular complexity index is 701. The molecule has 2 N–H and O–H groups in total. The second-order valence-electron chi connectivity index (χ2n) is 5.17. The number of nitrogens with zero attached hydrogens (tertiary/aromatic N) is 3. The van der Waals surface area contributed by atoms with Crippen molar-refractivity contribution in [2.45, 2.75) is 19.1 Å². The fraction of sp³-hybridized carbons (Fsp3) is 0.375. The normalized spacial score (nSPS) is 11.7. The van der Waals surface area contributed by atoms with Gasteiger partial charge in [0.25, 0.3) is 0 Å². The number of methoxy groups -OCH3 is 1. The molecule has 1 heterocycles. The van der Waals surface area contributed by atoms with Crippen LogP contribution in [0.1, 0.15) is 12.1 Å². The molecule has 0 bridgehead atoms. The minimum atomic E-state index is -4.19. The third-order valence-corrected chi connectivity index (χ3v) is 3.34. The third kappa shape index (κ3) is 7.10. The number of aliphatic imine (C=N–C) groups is 1. The number of benzene rings is 1. The van der Waals surface area contributed by atoms with E-state index >= 15 is 0 Å². The number of guanidine groups is 1. The predicted octanol–water partition coefficient (Wildman–Crippen LogP) is 3.12. The molecule has 0 aliphatic rings. The average molecular weight is 483 g/mol. The first-order chi connectivity index (χ1) is 11.9. The number of rotatable bonds is 6. The molecule has 0 atom stereocenters. The Balaban J connectivity index is 0.00000338. The fourth-order valence-corrected chi connectivity index (χ4v) is 2.05. The van der Waals surface area contributed by atoms with Crippen molar-refractivity contribution in [3.8, 4) is 11.4 Å². The van der Waals surface area contributed by atoms with E-state index in [-0.39, 0.29) is 30.5 Å². The minimum Gasteiger partial charge on any atom is -0.497 e. The van der Waals surface area contributed by atoms with Crippen molar-refractivity contribution in [1.82, 2.24) is 20.4 Å². The highest BCUT2D eigenvalue weighted by molar-refractivity contribution is 14.0. The highest BCUT2D eigenvalue weighted by Gasteiger charge is 2.26. The van der Waals surface area contributed by atoms with Crippen LogP contribution < -0.4 is 15.4 Å². The summed E-state index contributed by atoms with van der Waals surface area (Å²) in [5.74, 6) is 1.05. The summed E-state index contributed by atoms with van der Waals surface area (Å²) in [5.41, 5.74) is 1.61. The van der Waals surface area contributed by atoms with E-state index in [4.69, 9.17) is 4.74 Å². The van der Waals surface area contributed by atoms with Crippen molar-refractivity contribution in [1.29, 1.82) is 0 Å². The molecule has 1 aromatic carbocycles. The average Bonchev–Trinajstić information content (AvgIpc) is 3.06. The summed E-state index contributed by atoms with van der Waals surface area (Å²) in [4.78, 5) is 3.89. The van der Waals surface area contributed by atoms with Gasteiger partial charge in [-0.1, -0.05) is 0 Å². The summed E-state index contributed by atoms with van der Waals surface area (Å²) in [6, 6.07) is 9.24. The lowest BCUT2D eigenvalue weighted by Crippen LogP contribution is -2.38. The number of hydrogen-bond donors (Lipinski definition) is 2. The maximum atomic E-state index is 12.2. The minimum absolute atomic E-state index is 0. The van der Waals surface area contributed by atoms with E-state index in [0.717, 1.165) is 17.1 Å². The lowest BCUT2D eigenvalue weighted by atomic mass is 10.3. The van der Waals surface area contributed by atoms with E-state index in [1.807, 2.05) is 30.3 Å². The molecule has 10 heteroatoms. The first kappa shape index (κ1) is 22.1. The topological polar surface area (TPSA) is 63.5 Å². The van der Waals surface area contributed by atoms with E-state index in [2.05, 4.69) is 20.7 Å². The molecule has 2 aromatic rings. The fourth-order valence-electron chi connectivity index (χ4n) is 2.05. The summed E-state index contributed by atoms with van der Waals surface area (Å²) in [5, 5.41) is 9.96. The van der Waals surface area contributed by atoms with Gasteiger partial charge in [0, 0.05) is 19.8 Å². The Morgan fingerprint density at radius 3 is 2.46 bits per heavy atom. The third-order valence-electron chi connectivity index (χ3n) is 3.34. The zero-order chi connectivity index (χ0) is 18.3. The van der Waals surface area contributed by atoms with Gasteiger partial charge in [0.15, 0.2) is 5.96 Å². The molecular weight excluding hydrogens is 462 g/mol. The SMILES string of the molecule is CN=C(NCCC(F)(F)F)NCc1ccn(-c2ccc(OC)cc2)n1.I. The molecule has 0 unspecified atom stereocenters. The lowest BCUT2D eigenvalue weighted by Gasteiger charge is -2.12. The molecule has 144 valence electrons. The van der Waals surface area contributed by atoms with Crippen molar-refractivity contribution < 1.29 is 17.9 Å². The quantitative estimate of drug-likeness (QED) is 0.377. The van der Waals surface area contributed by atoms with Crippen molar-refractivity contribution in [3.05, 3.63) is 42.2 Å². The molecule has 0 amide bonds. The number of aromatic nitrogens is 2. The zero-order valence-electron chi connectivity index (χ0n) is 14.4. The van der Waals surface area contributed by atoms with E-state index in [0.29, 0.717) is 12.5 Å². The molecule has 0 fully saturated rings. The predicted molar refractivity (Wildman–Crippen MR) is 104 cm³/mol. The van der Waals surface area contributed by atoms with Crippen molar-refractivity contribution >= 4 is 29.9 Å². The van der Waals surface area contributed by atoms with Crippen LogP contribution in [0.4, 0.5) is 13.2 Å². The molecule has 0 spiro atoms. The maximum absolute atomic E-state index is 12.2. The van der Waals surface area contributed by atoms with Crippen LogP contribution >= 0.6 is 24.0 Å². The van der Waals surface area contributed by atoms with Gasteiger partial charge >= 0.3 is 6.18 Å². The van der Waals surface area contributed by atoms with Gasteiger partial charge in [0.05, 0.1) is 31.5 Å². The van der Waals surface area contributed by atoms with Crippen molar-refractivity contribution in [3.63, 3.8) is 0 Å². The van der Waals surface area contributed by atoms with Gasteiger partial charge in [0.2, 0.25) is 0 Å². The summed E-state index contributed by atoms with van der Waals surface area (Å²) in [6.07, 6.45) is -3.30. The zero-order valence-corrected chi connectivity index (χ0v) is 16.7.